The van der Waals surface area contributed by atoms with Crippen LogP contribution in [0.1, 0.15) is 27.9 Å². The van der Waals surface area contributed by atoms with E-state index >= 15 is 0 Å². The molecule has 2 N–H and O–H groups in total. The second-order valence-electron chi connectivity index (χ2n) is 9.12. The number of hydrogen-bond acceptors (Lipinski definition) is 4. The van der Waals surface area contributed by atoms with Gasteiger partial charge in [0.05, 0.1) is 25.4 Å². The molecule has 2 heterocycles. The number of aryl methyl sites for hydroxylation is 3. The average molecular weight is 485 g/mol. The molecule has 2 amide bonds. The summed E-state index contributed by atoms with van der Waals surface area (Å²) in [6.45, 7) is 6.09. The molecule has 4 aromatic rings. The minimum atomic E-state index is -0.736. The summed E-state index contributed by atoms with van der Waals surface area (Å²) in [5.41, 5.74) is 6.81. The molecule has 0 aliphatic heterocycles. The number of nitrogens with one attached hydrogen (secondary N) is 2. The van der Waals surface area contributed by atoms with E-state index in [1.165, 1.54) is 4.90 Å². The molecular weight excluding hydrogens is 452 g/mol. The predicted octanol–water partition coefficient (Wildman–Crippen LogP) is 4.43. The predicted molar refractivity (Wildman–Crippen MR) is 142 cm³/mol. The molecule has 186 valence electrons. The molecule has 0 bridgehead atoms. The first-order valence-corrected chi connectivity index (χ1v) is 12.0. The lowest BCUT2D eigenvalue weighted by Crippen LogP contribution is -2.49. The van der Waals surface area contributed by atoms with Crippen LogP contribution in [0, 0.1) is 20.8 Å². The van der Waals surface area contributed by atoms with Crippen LogP contribution in [0.15, 0.2) is 60.8 Å². The van der Waals surface area contributed by atoms with Crippen LogP contribution in [0.5, 0.6) is 5.88 Å². The third-order valence-corrected chi connectivity index (χ3v) is 6.59. The van der Waals surface area contributed by atoms with Crippen LogP contribution in [-0.2, 0) is 22.4 Å². The summed E-state index contributed by atoms with van der Waals surface area (Å²) in [6, 6.07) is 16.6. The van der Waals surface area contributed by atoms with E-state index in [2.05, 4.69) is 41.3 Å². The first-order chi connectivity index (χ1) is 17.3. The van der Waals surface area contributed by atoms with E-state index in [0.29, 0.717) is 18.0 Å². The van der Waals surface area contributed by atoms with E-state index in [4.69, 9.17) is 4.74 Å². The standard InChI is InChI=1S/C29H32N4O3/c1-18-11-12-19(2)28-27(18)23(20(3)31-28)16-25(34)32-24(15-21-9-7-6-8-10-21)29(35)33(4)22-13-14-26(36-5)30-17-22/h6-14,17,24,31H,15-16H2,1-5H3,(H,32,34)/t24-/m0/s1. The lowest BCUT2D eigenvalue weighted by Gasteiger charge is -2.25. The SMILES string of the molecule is COc1ccc(N(C)C(=O)[C@H](Cc2ccccc2)NC(=O)Cc2c(C)[nH]c3c(C)ccc(C)c23)cn1. The van der Waals surface area contributed by atoms with Crippen molar-refractivity contribution >= 4 is 28.4 Å². The molecule has 0 spiro atoms. The van der Waals surface area contributed by atoms with Gasteiger partial charge in [0.15, 0.2) is 0 Å². The Labute approximate surface area is 211 Å². The molecule has 0 unspecified atom stereocenters. The number of fused-ring (bicyclic) bond motifs is 1. The smallest absolute Gasteiger partial charge is 0.249 e. The van der Waals surface area contributed by atoms with E-state index in [0.717, 1.165) is 38.9 Å². The number of rotatable bonds is 8. The highest BCUT2D eigenvalue weighted by Crippen LogP contribution is 2.28. The number of ether oxygens (including phenoxy) is 1. The molecule has 0 saturated carbocycles. The van der Waals surface area contributed by atoms with Gasteiger partial charge in [-0.2, -0.15) is 0 Å². The number of benzene rings is 2. The van der Waals surface area contributed by atoms with Crippen molar-refractivity contribution in [2.24, 2.45) is 0 Å². The Kier molecular flexibility index (Phi) is 7.38. The zero-order chi connectivity index (χ0) is 25.8. The van der Waals surface area contributed by atoms with Crippen LogP contribution < -0.4 is 15.0 Å². The minimum absolute atomic E-state index is 0.183. The van der Waals surface area contributed by atoms with E-state index in [1.807, 2.05) is 37.3 Å². The normalized spacial score (nSPS) is 11.8. The van der Waals surface area contributed by atoms with Crippen molar-refractivity contribution in [3.8, 4) is 5.88 Å². The van der Waals surface area contributed by atoms with Gasteiger partial charge < -0.3 is 19.9 Å². The van der Waals surface area contributed by atoms with Gasteiger partial charge in [-0.3, -0.25) is 9.59 Å². The van der Waals surface area contributed by atoms with Crippen LogP contribution in [0.4, 0.5) is 5.69 Å². The Bertz CT molecular complexity index is 1380. The summed E-state index contributed by atoms with van der Waals surface area (Å²) < 4.78 is 5.12. The highest BCUT2D eigenvalue weighted by atomic mass is 16.5. The first-order valence-electron chi connectivity index (χ1n) is 12.0. The minimum Gasteiger partial charge on any atom is -0.481 e. The summed E-state index contributed by atoms with van der Waals surface area (Å²) in [6.07, 6.45) is 2.14. The zero-order valence-corrected chi connectivity index (χ0v) is 21.4. The highest BCUT2D eigenvalue weighted by Gasteiger charge is 2.26. The van der Waals surface area contributed by atoms with E-state index in [-0.39, 0.29) is 18.2 Å². The number of hydrogen-bond donors (Lipinski definition) is 2. The van der Waals surface area contributed by atoms with Gasteiger partial charge in [0.2, 0.25) is 17.7 Å². The van der Waals surface area contributed by atoms with Gasteiger partial charge in [-0.25, -0.2) is 4.98 Å². The van der Waals surface area contributed by atoms with Crippen LogP contribution in [0.3, 0.4) is 0 Å². The van der Waals surface area contributed by atoms with Crippen LogP contribution in [0.2, 0.25) is 0 Å². The number of methoxy groups -OCH3 is 1. The molecule has 2 aromatic heterocycles. The number of aromatic nitrogens is 2. The fourth-order valence-electron chi connectivity index (χ4n) is 4.54. The molecule has 7 nitrogen and oxygen atoms in total. The maximum Gasteiger partial charge on any atom is 0.249 e. The van der Waals surface area contributed by atoms with Gasteiger partial charge in [-0.1, -0.05) is 42.5 Å². The van der Waals surface area contributed by atoms with Crippen molar-refractivity contribution in [1.82, 2.24) is 15.3 Å². The molecule has 0 fully saturated rings. The van der Waals surface area contributed by atoms with Gasteiger partial charge in [0, 0.05) is 36.1 Å². The number of pyridine rings is 1. The molecule has 1 atom stereocenters. The molecule has 0 aliphatic rings. The Morgan fingerprint density at radius 1 is 1.03 bits per heavy atom. The molecule has 7 heteroatoms. The van der Waals surface area contributed by atoms with Crippen molar-refractivity contribution in [1.29, 1.82) is 0 Å². The highest BCUT2D eigenvalue weighted by molar-refractivity contribution is 6.00. The monoisotopic (exact) mass is 484 g/mol. The third kappa shape index (κ3) is 5.25. The van der Waals surface area contributed by atoms with E-state index < -0.39 is 6.04 Å². The van der Waals surface area contributed by atoms with Crippen molar-refractivity contribution in [2.45, 2.75) is 39.7 Å². The number of carbonyl (C=O) groups excluding carboxylic acids is 2. The van der Waals surface area contributed by atoms with Gasteiger partial charge in [0.1, 0.15) is 6.04 Å². The maximum atomic E-state index is 13.6. The second kappa shape index (κ2) is 10.6. The number of aromatic amines is 1. The lowest BCUT2D eigenvalue weighted by atomic mass is 10.00. The second-order valence-corrected chi connectivity index (χ2v) is 9.12. The number of H-pyrrole nitrogens is 1. The van der Waals surface area contributed by atoms with Crippen molar-refractivity contribution < 1.29 is 14.3 Å². The first kappa shape index (κ1) is 25.0. The molecule has 0 radical (unpaired) electrons. The average Bonchev–Trinajstić information content (AvgIpc) is 3.22. The largest absolute Gasteiger partial charge is 0.481 e. The molecule has 4 rings (SSSR count). The fraction of sp³-hybridized carbons (Fsp3) is 0.276. The van der Waals surface area contributed by atoms with Crippen LogP contribution in [0.25, 0.3) is 10.9 Å². The van der Waals surface area contributed by atoms with Gasteiger partial charge in [-0.15, -0.1) is 0 Å². The summed E-state index contributed by atoms with van der Waals surface area (Å²) >= 11 is 0. The Morgan fingerprint density at radius 3 is 2.42 bits per heavy atom. The Balaban J connectivity index is 1.59. The number of carbonyl (C=O) groups is 2. The van der Waals surface area contributed by atoms with Crippen LogP contribution in [-0.4, -0.2) is 42.0 Å². The summed E-state index contributed by atoms with van der Waals surface area (Å²) in [7, 11) is 3.23. The lowest BCUT2D eigenvalue weighted by molar-refractivity contribution is -0.127. The topological polar surface area (TPSA) is 87.3 Å². The fourth-order valence-corrected chi connectivity index (χ4v) is 4.54. The summed E-state index contributed by atoms with van der Waals surface area (Å²) in [4.78, 5) is 36.0. The number of amides is 2. The third-order valence-electron chi connectivity index (χ3n) is 6.59. The van der Waals surface area contributed by atoms with Gasteiger partial charge >= 0.3 is 0 Å². The quantitative estimate of drug-likeness (QED) is 0.387. The molecular formula is C29H32N4O3. The molecule has 0 saturated heterocycles. The van der Waals surface area contributed by atoms with Crippen molar-refractivity contribution in [2.75, 3.05) is 19.1 Å². The van der Waals surface area contributed by atoms with Gasteiger partial charge in [-0.05, 0) is 49.1 Å². The number of likely N-dealkylation sites (N-methyl/N-ethyl adjacent to an activating group) is 1. The van der Waals surface area contributed by atoms with Gasteiger partial charge in [0.25, 0.3) is 0 Å². The Hall–Kier alpha value is -4.13. The van der Waals surface area contributed by atoms with Crippen molar-refractivity contribution in [3.63, 3.8) is 0 Å². The molecule has 2 aromatic carbocycles. The molecule has 0 aliphatic carbocycles. The van der Waals surface area contributed by atoms with Crippen molar-refractivity contribution in [3.05, 3.63) is 88.7 Å². The summed E-state index contributed by atoms with van der Waals surface area (Å²) in [5, 5.41) is 4.09. The number of anilines is 1. The number of nitrogens with zero attached hydrogens (tertiary/aromatic N) is 2. The van der Waals surface area contributed by atoms with E-state index in [1.54, 1.807) is 32.5 Å². The Morgan fingerprint density at radius 2 is 1.75 bits per heavy atom. The maximum absolute atomic E-state index is 13.6. The molecule has 36 heavy (non-hydrogen) atoms. The zero-order valence-electron chi connectivity index (χ0n) is 21.4. The van der Waals surface area contributed by atoms with Crippen LogP contribution >= 0.6 is 0 Å². The summed E-state index contributed by atoms with van der Waals surface area (Å²) in [5.74, 6) is 0.0469. The van der Waals surface area contributed by atoms with E-state index in [9.17, 15) is 9.59 Å².